The van der Waals surface area contributed by atoms with Crippen LogP contribution in [0.15, 0.2) is 48.7 Å². The predicted octanol–water partition coefficient (Wildman–Crippen LogP) is 2.00. The molecule has 4 nitrogen and oxygen atoms in total. The van der Waals surface area contributed by atoms with Crippen molar-refractivity contribution in [3.63, 3.8) is 0 Å². The van der Waals surface area contributed by atoms with Gasteiger partial charge in [-0.1, -0.05) is 24.3 Å². The van der Waals surface area contributed by atoms with Crippen molar-refractivity contribution in [3.05, 3.63) is 54.2 Å². The maximum absolute atomic E-state index is 5.86. The number of benzene rings is 1. The van der Waals surface area contributed by atoms with E-state index in [9.17, 15) is 0 Å². The van der Waals surface area contributed by atoms with E-state index >= 15 is 0 Å². The molecule has 0 radical (unpaired) electrons. The predicted molar refractivity (Wildman–Crippen MR) is 72.4 cm³/mol. The first kappa shape index (κ1) is 12.4. The number of nitrogens with two attached hydrogens (primary N) is 1. The molecule has 0 fully saturated rings. The maximum atomic E-state index is 5.86. The lowest BCUT2D eigenvalue weighted by atomic mass is 10.1. The van der Waals surface area contributed by atoms with E-state index in [2.05, 4.69) is 10.3 Å². The van der Waals surface area contributed by atoms with Gasteiger partial charge in [0.15, 0.2) is 0 Å². The molecule has 2 aromatic rings. The number of anilines is 1. The van der Waals surface area contributed by atoms with Crippen LogP contribution >= 0.6 is 0 Å². The van der Waals surface area contributed by atoms with Crippen LogP contribution in [-0.4, -0.2) is 18.6 Å². The van der Waals surface area contributed by atoms with E-state index in [4.69, 9.17) is 10.5 Å². The van der Waals surface area contributed by atoms with Gasteiger partial charge in [0.25, 0.3) is 0 Å². The Labute approximate surface area is 107 Å². The minimum Gasteiger partial charge on any atom is -0.492 e. The molecule has 1 atom stereocenters. The van der Waals surface area contributed by atoms with Gasteiger partial charge in [-0.05, 0) is 25.2 Å². The Morgan fingerprint density at radius 2 is 2.00 bits per heavy atom. The first-order valence-corrected chi connectivity index (χ1v) is 5.86. The zero-order valence-corrected chi connectivity index (χ0v) is 10.3. The van der Waals surface area contributed by atoms with Gasteiger partial charge in [0, 0.05) is 11.8 Å². The lowest BCUT2D eigenvalue weighted by Crippen LogP contribution is -2.24. The van der Waals surface area contributed by atoms with Gasteiger partial charge < -0.3 is 15.8 Å². The van der Waals surface area contributed by atoms with Crippen LogP contribution in [0.25, 0.3) is 0 Å². The first-order valence-electron chi connectivity index (χ1n) is 5.86. The number of nitrogens with one attached hydrogen (secondary N) is 1. The van der Waals surface area contributed by atoms with Crippen molar-refractivity contribution >= 4 is 5.82 Å². The highest BCUT2D eigenvalue weighted by Gasteiger charge is 2.13. The van der Waals surface area contributed by atoms with Crippen LogP contribution in [-0.2, 0) is 0 Å². The Bertz CT molecular complexity index is 487. The highest BCUT2D eigenvalue weighted by Crippen LogP contribution is 2.19. The van der Waals surface area contributed by atoms with Crippen molar-refractivity contribution in [2.45, 2.75) is 6.04 Å². The number of hydrogen-bond acceptors (Lipinski definition) is 4. The molecule has 0 amide bonds. The topological polar surface area (TPSA) is 60.2 Å². The lowest BCUT2D eigenvalue weighted by molar-refractivity contribution is 0.273. The SMILES string of the molecule is CNC(COc1ccccc1)c1cccnc1N. The molecular formula is C14H17N3O. The van der Waals surface area contributed by atoms with Crippen molar-refractivity contribution in [2.24, 2.45) is 0 Å². The summed E-state index contributed by atoms with van der Waals surface area (Å²) in [6.07, 6.45) is 1.68. The number of nitrogens with zero attached hydrogens (tertiary/aromatic N) is 1. The minimum atomic E-state index is 0.0268. The van der Waals surface area contributed by atoms with E-state index in [0.717, 1.165) is 11.3 Å². The van der Waals surface area contributed by atoms with Crippen LogP contribution < -0.4 is 15.8 Å². The molecular weight excluding hydrogens is 226 g/mol. The molecule has 0 aliphatic heterocycles. The van der Waals surface area contributed by atoms with Crippen LogP contribution in [0.2, 0.25) is 0 Å². The van der Waals surface area contributed by atoms with E-state index in [1.54, 1.807) is 6.20 Å². The molecule has 1 aromatic heterocycles. The van der Waals surface area contributed by atoms with E-state index in [-0.39, 0.29) is 6.04 Å². The first-order chi connectivity index (χ1) is 8.81. The number of nitrogen functional groups attached to an aromatic ring is 1. The second-order valence-corrected chi connectivity index (χ2v) is 3.94. The number of hydrogen-bond donors (Lipinski definition) is 2. The summed E-state index contributed by atoms with van der Waals surface area (Å²) in [5.41, 5.74) is 6.81. The zero-order valence-electron chi connectivity index (χ0n) is 10.3. The Balaban J connectivity index is 2.04. The number of ether oxygens (including phenoxy) is 1. The monoisotopic (exact) mass is 243 g/mol. The second-order valence-electron chi connectivity index (χ2n) is 3.94. The third-order valence-corrected chi connectivity index (χ3v) is 2.75. The number of aromatic nitrogens is 1. The summed E-state index contributed by atoms with van der Waals surface area (Å²) in [5.74, 6) is 1.38. The Kier molecular flexibility index (Phi) is 4.15. The summed E-state index contributed by atoms with van der Waals surface area (Å²) >= 11 is 0. The molecule has 1 heterocycles. The average Bonchev–Trinajstić information content (AvgIpc) is 2.42. The van der Waals surface area contributed by atoms with Crippen LogP contribution in [0.3, 0.4) is 0 Å². The van der Waals surface area contributed by atoms with Gasteiger partial charge in [-0.15, -0.1) is 0 Å². The van der Waals surface area contributed by atoms with Crippen molar-refractivity contribution < 1.29 is 4.74 Å². The van der Waals surface area contributed by atoms with Gasteiger partial charge in [0.2, 0.25) is 0 Å². The summed E-state index contributed by atoms with van der Waals surface area (Å²) in [4.78, 5) is 4.09. The van der Waals surface area contributed by atoms with Crippen LogP contribution in [0, 0.1) is 0 Å². The fourth-order valence-corrected chi connectivity index (χ4v) is 1.75. The van der Waals surface area contributed by atoms with Crippen molar-refractivity contribution in [2.75, 3.05) is 19.4 Å². The van der Waals surface area contributed by atoms with E-state index in [1.807, 2.05) is 49.5 Å². The largest absolute Gasteiger partial charge is 0.492 e. The van der Waals surface area contributed by atoms with Gasteiger partial charge in [-0.25, -0.2) is 4.98 Å². The molecule has 94 valence electrons. The molecule has 1 aromatic carbocycles. The normalized spacial score (nSPS) is 12.1. The standard InChI is InChI=1S/C14H17N3O/c1-16-13(12-8-5-9-17-14(12)15)10-18-11-6-3-2-4-7-11/h2-9,13,16H,10H2,1H3,(H2,15,17). The van der Waals surface area contributed by atoms with Gasteiger partial charge >= 0.3 is 0 Å². The number of likely N-dealkylation sites (N-methyl/N-ethyl adjacent to an activating group) is 1. The van der Waals surface area contributed by atoms with Crippen LogP contribution in [0.1, 0.15) is 11.6 Å². The van der Waals surface area contributed by atoms with E-state index < -0.39 is 0 Å². The van der Waals surface area contributed by atoms with Gasteiger partial charge in [0.1, 0.15) is 18.2 Å². The van der Waals surface area contributed by atoms with Crippen LogP contribution in [0.5, 0.6) is 5.75 Å². The van der Waals surface area contributed by atoms with Gasteiger partial charge in [-0.2, -0.15) is 0 Å². The highest BCUT2D eigenvalue weighted by molar-refractivity contribution is 5.41. The Morgan fingerprint density at radius 3 is 2.67 bits per heavy atom. The molecule has 0 aliphatic rings. The summed E-state index contributed by atoms with van der Waals surface area (Å²) in [7, 11) is 1.88. The fraction of sp³-hybridized carbons (Fsp3) is 0.214. The summed E-state index contributed by atoms with van der Waals surface area (Å²) in [6, 6.07) is 13.6. The quantitative estimate of drug-likeness (QED) is 0.843. The minimum absolute atomic E-state index is 0.0268. The number of pyridine rings is 1. The third-order valence-electron chi connectivity index (χ3n) is 2.75. The highest BCUT2D eigenvalue weighted by atomic mass is 16.5. The lowest BCUT2D eigenvalue weighted by Gasteiger charge is -2.18. The number of para-hydroxylation sites is 1. The van der Waals surface area contributed by atoms with Crippen molar-refractivity contribution in [1.82, 2.24) is 10.3 Å². The molecule has 0 spiro atoms. The molecule has 18 heavy (non-hydrogen) atoms. The molecule has 0 saturated heterocycles. The molecule has 0 bridgehead atoms. The Morgan fingerprint density at radius 1 is 1.22 bits per heavy atom. The fourth-order valence-electron chi connectivity index (χ4n) is 1.75. The summed E-state index contributed by atoms with van der Waals surface area (Å²) in [5, 5.41) is 3.18. The van der Waals surface area contributed by atoms with Gasteiger partial charge in [-0.3, -0.25) is 0 Å². The second kappa shape index (κ2) is 6.02. The average molecular weight is 243 g/mol. The van der Waals surface area contributed by atoms with E-state index in [0.29, 0.717) is 12.4 Å². The summed E-state index contributed by atoms with van der Waals surface area (Å²) in [6.45, 7) is 0.510. The number of rotatable bonds is 5. The molecule has 0 saturated carbocycles. The third kappa shape index (κ3) is 2.99. The molecule has 2 rings (SSSR count). The Hall–Kier alpha value is -2.07. The van der Waals surface area contributed by atoms with Crippen LogP contribution in [0.4, 0.5) is 5.82 Å². The zero-order chi connectivity index (χ0) is 12.8. The molecule has 1 unspecified atom stereocenters. The van der Waals surface area contributed by atoms with Gasteiger partial charge in [0.05, 0.1) is 6.04 Å². The van der Waals surface area contributed by atoms with Crippen molar-refractivity contribution in [1.29, 1.82) is 0 Å². The maximum Gasteiger partial charge on any atom is 0.128 e. The van der Waals surface area contributed by atoms with Crippen molar-refractivity contribution in [3.8, 4) is 5.75 Å². The molecule has 3 N–H and O–H groups in total. The molecule has 4 heteroatoms. The van der Waals surface area contributed by atoms with E-state index in [1.165, 1.54) is 0 Å². The molecule has 0 aliphatic carbocycles. The smallest absolute Gasteiger partial charge is 0.128 e. The summed E-state index contributed by atoms with van der Waals surface area (Å²) < 4.78 is 5.72.